The SMILES string of the molecule is CC(C)CC(=O)N1CCC(O)C(O)C1. The minimum Gasteiger partial charge on any atom is -0.390 e. The van der Waals surface area contributed by atoms with Gasteiger partial charge in [-0.1, -0.05) is 13.8 Å². The third kappa shape index (κ3) is 2.96. The number of carbonyl (C=O) groups excluding carboxylic acids is 1. The summed E-state index contributed by atoms with van der Waals surface area (Å²) in [5, 5.41) is 18.7. The summed E-state index contributed by atoms with van der Waals surface area (Å²) in [5.74, 6) is 0.414. The Balaban J connectivity index is 2.42. The highest BCUT2D eigenvalue weighted by Gasteiger charge is 2.28. The lowest BCUT2D eigenvalue weighted by atomic mass is 10.0. The average molecular weight is 201 g/mol. The number of hydrogen-bond acceptors (Lipinski definition) is 3. The molecule has 1 aliphatic rings. The van der Waals surface area contributed by atoms with Crippen molar-refractivity contribution in [2.45, 2.75) is 38.9 Å². The first-order valence-corrected chi connectivity index (χ1v) is 5.14. The minimum absolute atomic E-state index is 0.0750. The van der Waals surface area contributed by atoms with Gasteiger partial charge in [0.2, 0.25) is 5.91 Å². The fourth-order valence-corrected chi connectivity index (χ4v) is 1.62. The van der Waals surface area contributed by atoms with Crippen molar-refractivity contribution in [2.75, 3.05) is 13.1 Å². The van der Waals surface area contributed by atoms with E-state index in [4.69, 9.17) is 0 Å². The number of rotatable bonds is 2. The van der Waals surface area contributed by atoms with Gasteiger partial charge >= 0.3 is 0 Å². The van der Waals surface area contributed by atoms with Gasteiger partial charge in [-0.05, 0) is 12.3 Å². The molecule has 1 rings (SSSR count). The molecule has 1 saturated heterocycles. The Morgan fingerprint density at radius 1 is 1.43 bits per heavy atom. The molecule has 0 aromatic carbocycles. The van der Waals surface area contributed by atoms with Gasteiger partial charge in [-0.15, -0.1) is 0 Å². The molecular formula is C10H19NO3. The first kappa shape index (κ1) is 11.5. The van der Waals surface area contributed by atoms with E-state index in [1.165, 1.54) is 0 Å². The van der Waals surface area contributed by atoms with Crippen LogP contribution in [0.15, 0.2) is 0 Å². The quantitative estimate of drug-likeness (QED) is 0.660. The second-order valence-corrected chi connectivity index (χ2v) is 4.36. The van der Waals surface area contributed by atoms with Crippen LogP contribution in [0.3, 0.4) is 0 Å². The van der Waals surface area contributed by atoms with E-state index in [0.29, 0.717) is 25.3 Å². The number of hydrogen-bond donors (Lipinski definition) is 2. The van der Waals surface area contributed by atoms with Gasteiger partial charge in [0.05, 0.1) is 12.2 Å². The van der Waals surface area contributed by atoms with Crippen molar-refractivity contribution < 1.29 is 15.0 Å². The predicted molar refractivity (Wildman–Crippen MR) is 52.7 cm³/mol. The molecule has 0 bridgehead atoms. The van der Waals surface area contributed by atoms with Gasteiger partial charge in [0.1, 0.15) is 0 Å². The Bertz CT molecular complexity index is 206. The standard InChI is InChI=1S/C10H19NO3/c1-7(2)5-10(14)11-4-3-8(12)9(13)6-11/h7-9,12-13H,3-6H2,1-2H3. The molecule has 4 heteroatoms. The lowest BCUT2D eigenvalue weighted by Crippen LogP contribution is -2.49. The van der Waals surface area contributed by atoms with Gasteiger partial charge in [0, 0.05) is 19.5 Å². The van der Waals surface area contributed by atoms with Crippen LogP contribution in [-0.2, 0) is 4.79 Å². The number of aliphatic hydroxyl groups is 2. The van der Waals surface area contributed by atoms with Crippen LogP contribution in [0.2, 0.25) is 0 Å². The molecule has 1 amide bonds. The Kier molecular flexibility index (Phi) is 3.89. The lowest BCUT2D eigenvalue weighted by molar-refractivity contribution is -0.138. The monoisotopic (exact) mass is 201 g/mol. The molecule has 1 aliphatic heterocycles. The van der Waals surface area contributed by atoms with Crippen LogP contribution in [0, 0.1) is 5.92 Å². The fourth-order valence-electron chi connectivity index (χ4n) is 1.62. The van der Waals surface area contributed by atoms with Gasteiger partial charge in [-0.3, -0.25) is 4.79 Å². The normalized spacial score (nSPS) is 28.2. The summed E-state index contributed by atoms with van der Waals surface area (Å²) >= 11 is 0. The van der Waals surface area contributed by atoms with Crippen molar-refractivity contribution in [3.05, 3.63) is 0 Å². The van der Waals surface area contributed by atoms with Crippen LogP contribution in [0.5, 0.6) is 0 Å². The van der Waals surface area contributed by atoms with Gasteiger partial charge in [0.15, 0.2) is 0 Å². The Morgan fingerprint density at radius 3 is 2.57 bits per heavy atom. The third-order valence-electron chi connectivity index (χ3n) is 2.48. The number of likely N-dealkylation sites (tertiary alicyclic amines) is 1. The predicted octanol–water partition coefficient (Wildman–Crippen LogP) is -0.0134. The van der Waals surface area contributed by atoms with Gasteiger partial charge in [-0.25, -0.2) is 0 Å². The van der Waals surface area contributed by atoms with Crippen LogP contribution in [0.4, 0.5) is 0 Å². The van der Waals surface area contributed by atoms with Gasteiger partial charge in [0.25, 0.3) is 0 Å². The van der Waals surface area contributed by atoms with E-state index in [1.54, 1.807) is 4.90 Å². The maximum atomic E-state index is 11.6. The third-order valence-corrected chi connectivity index (χ3v) is 2.48. The molecule has 0 aromatic rings. The number of piperidine rings is 1. The number of carbonyl (C=O) groups is 1. The Hall–Kier alpha value is -0.610. The molecule has 82 valence electrons. The summed E-state index contributed by atoms with van der Waals surface area (Å²) in [4.78, 5) is 13.2. The van der Waals surface area contributed by atoms with Crippen LogP contribution >= 0.6 is 0 Å². The average Bonchev–Trinajstić information content (AvgIpc) is 2.08. The summed E-state index contributed by atoms with van der Waals surface area (Å²) in [7, 11) is 0. The van der Waals surface area contributed by atoms with Crippen LogP contribution < -0.4 is 0 Å². The molecule has 2 N–H and O–H groups in total. The van der Waals surface area contributed by atoms with E-state index in [9.17, 15) is 15.0 Å². The van der Waals surface area contributed by atoms with E-state index >= 15 is 0 Å². The summed E-state index contributed by atoms with van der Waals surface area (Å²) in [6, 6.07) is 0. The molecule has 0 radical (unpaired) electrons. The molecule has 0 aliphatic carbocycles. The van der Waals surface area contributed by atoms with Crippen LogP contribution in [0.1, 0.15) is 26.7 Å². The summed E-state index contributed by atoms with van der Waals surface area (Å²) in [6.07, 6.45) is -0.452. The highest BCUT2D eigenvalue weighted by atomic mass is 16.3. The Morgan fingerprint density at radius 2 is 2.07 bits per heavy atom. The zero-order valence-electron chi connectivity index (χ0n) is 8.81. The van der Waals surface area contributed by atoms with E-state index in [0.717, 1.165) is 0 Å². The van der Waals surface area contributed by atoms with Crippen LogP contribution in [-0.4, -0.2) is 46.3 Å². The van der Waals surface area contributed by atoms with Crippen molar-refractivity contribution in [1.29, 1.82) is 0 Å². The molecule has 2 unspecified atom stereocenters. The molecule has 1 fully saturated rings. The van der Waals surface area contributed by atoms with Crippen molar-refractivity contribution in [3.63, 3.8) is 0 Å². The largest absolute Gasteiger partial charge is 0.390 e. The number of β-amino-alcohol motifs (C(OH)–C–C–N with tert-alkyl or cyclic N) is 1. The summed E-state index contributed by atoms with van der Waals surface area (Å²) in [5.41, 5.74) is 0. The fraction of sp³-hybridized carbons (Fsp3) is 0.900. The van der Waals surface area contributed by atoms with Crippen molar-refractivity contribution in [3.8, 4) is 0 Å². The summed E-state index contributed by atoms with van der Waals surface area (Å²) in [6.45, 7) is 4.82. The van der Waals surface area contributed by atoms with Crippen LogP contribution in [0.25, 0.3) is 0 Å². The number of nitrogens with zero attached hydrogens (tertiary/aromatic N) is 1. The molecule has 4 nitrogen and oxygen atoms in total. The lowest BCUT2D eigenvalue weighted by Gasteiger charge is -2.33. The second-order valence-electron chi connectivity index (χ2n) is 4.36. The number of amides is 1. The van der Waals surface area contributed by atoms with Crippen molar-refractivity contribution in [2.24, 2.45) is 5.92 Å². The van der Waals surface area contributed by atoms with E-state index in [2.05, 4.69) is 0 Å². The minimum atomic E-state index is -0.778. The highest BCUT2D eigenvalue weighted by Crippen LogP contribution is 2.13. The zero-order chi connectivity index (χ0) is 10.7. The van der Waals surface area contributed by atoms with E-state index in [-0.39, 0.29) is 12.5 Å². The maximum Gasteiger partial charge on any atom is 0.222 e. The first-order valence-electron chi connectivity index (χ1n) is 5.14. The number of aliphatic hydroxyl groups excluding tert-OH is 2. The molecule has 1 heterocycles. The molecule has 2 atom stereocenters. The van der Waals surface area contributed by atoms with Gasteiger partial charge in [-0.2, -0.15) is 0 Å². The molecule has 0 spiro atoms. The smallest absolute Gasteiger partial charge is 0.222 e. The molecular weight excluding hydrogens is 182 g/mol. The van der Waals surface area contributed by atoms with Crippen molar-refractivity contribution in [1.82, 2.24) is 4.90 Å². The molecule has 0 saturated carbocycles. The second kappa shape index (κ2) is 4.75. The maximum absolute atomic E-state index is 11.6. The van der Waals surface area contributed by atoms with E-state index in [1.807, 2.05) is 13.8 Å². The van der Waals surface area contributed by atoms with Crippen molar-refractivity contribution >= 4 is 5.91 Å². The Labute approximate surface area is 84.5 Å². The van der Waals surface area contributed by atoms with E-state index < -0.39 is 12.2 Å². The summed E-state index contributed by atoms with van der Waals surface area (Å²) < 4.78 is 0. The molecule has 14 heavy (non-hydrogen) atoms. The van der Waals surface area contributed by atoms with Gasteiger partial charge < -0.3 is 15.1 Å². The zero-order valence-corrected chi connectivity index (χ0v) is 8.81. The highest BCUT2D eigenvalue weighted by molar-refractivity contribution is 5.76. The topological polar surface area (TPSA) is 60.8 Å². The first-order chi connectivity index (χ1) is 6.50. The molecule has 0 aromatic heterocycles.